The molecule has 1 aliphatic rings. The fourth-order valence-corrected chi connectivity index (χ4v) is 3.41. The Morgan fingerprint density at radius 3 is 2.54 bits per heavy atom. The normalized spacial score (nSPS) is 15.7. The first-order valence-electron chi connectivity index (χ1n) is 9.41. The van der Waals surface area contributed by atoms with E-state index in [0.717, 1.165) is 44.6 Å². The SMILES string of the molecule is Cc1ccc(CCC(=O)N2CCCN(Cc3ccccc3F)CC2)cc1. The van der Waals surface area contributed by atoms with Crippen molar-refractivity contribution in [3.8, 4) is 0 Å². The van der Waals surface area contributed by atoms with Crippen molar-refractivity contribution in [2.75, 3.05) is 26.2 Å². The third-order valence-corrected chi connectivity index (χ3v) is 5.04. The van der Waals surface area contributed by atoms with Crippen LogP contribution in [0.5, 0.6) is 0 Å². The number of carbonyl (C=O) groups excluding carboxylic acids is 1. The van der Waals surface area contributed by atoms with Crippen LogP contribution in [0.4, 0.5) is 4.39 Å². The van der Waals surface area contributed by atoms with E-state index in [1.54, 1.807) is 6.07 Å². The van der Waals surface area contributed by atoms with Gasteiger partial charge in [-0.25, -0.2) is 4.39 Å². The smallest absolute Gasteiger partial charge is 0.222 e. The van der Waals surface area contributed by atoms with Crippen LogP contribution < -0.4 is 0 Å². The largest absolute Gasteiger partial charge is 0.341 e. The number of hydrogen-bond acceptors (Lipinski definition) is 2. The molecule has 0 aliphatic carbocycles. The van der Waals surface area contributed by atoms with Crippen LogP contribution in [0.1, 0.15) is 29.5 Å². The van der Waals surface area contributed by atoms with Crippen LogP contribution in [0.25, 0.3) is 0 Å². The van der Waals surface area contributed by atoms with Crippen molar-refractivity contribution >= 4 is 5.91 Å². The van der Waals surface area contributed by atoms with Crippen molar-refractivity contribution in [1.82, 2.24) is 9.80 Å². The minimum absolute atomic E-state index is 0.150. The summed E-state index contributed by atoms with van der Waals surface area (Å²) in [5.41, 5.74) is 3.18. The van der Waals surface area contributed by atoms with Gasteiger partial charge in [0.2, 0.25) is 5.91 Å². The molecule has 1 heterocycles. The summed E-state index contributed by atoms with van der Waals surface area (Å²) in [6.07, 6.45) is 2.27. The van der Waals surface area contributed by atoms with Gasteiger partial charge in [0.25, 0.3) is 0 Å². The first-order chi connectivity index (χ1) is 12.6. The average molecular weight is 354 g/mol. The molecule has 1 aliphatic heterocycles. The van der Waals surface area contributed by atoms with Gasteiger partial charge in [0.05, 0.1) is 0 Å². The summed E-state index contributed by atoms with van der Waals surface area (Å²) < 4.78 is 13.8. The summed E-state index contributed by atoms with van der Waals surface area (Å²) in [7, 11) is 0. The fourth-order valence-electron chi connectivity index (χ4n) is 3.41. The van der Waals surface area contributed by atoms with E-state index < -0.39 is 0 Å². The predicted octanol–water partition coefficient (Wildman–Crippen LogP) is 3.80. The second kappa shape index (κ2) is 8.95. The van der Waals surface area contributed by atoms with Gasteiger partial charge in [0.15, 0.2) is 0 Å². The number of nitrogens with zero attached hydrogens (tertiary/aromatic N) is 2. The molecule has 1 saturated heterocycles. The highest BCUT2D eigenvalue weighted by atomic mass is 19.1. The number of aryl methyl sites for hydroxylation is 2. The van der Waals surface area contributed by atoms with E-state index in [4.69, 9.17) is 0 Å². The monoisotopic (exact) mass is 354 g/mol. The molecule has 4 heteroatoms. The summed E-state index contributed by atoms with van der Waals surface area (Å²) >= 11 is 0. The first-order valence-corrected chi connectivity index (χ1v) is 9.41. The van der Waals surface area contributed by atoms with E-state index in [2.05, 4.69) is 36.1 Å². The van der Waals surface area contributed by atoms with Gasteiger partial charge >= 0.3 is 0 Å². The molecule has 0 aromatic heterocycles. The van der Waals surface area contributed by atoms with Gasteiger partial charge in [0.1, 0.15) is 5.82 Å². The zero-order valence-corrected chi connectivity index (χ0v) is 15.5. The zero-order chi connectivity index (χ0) is 18.4. The first kappa shape index (κ1) is 18.6. The van der Waals surface area contributed by atoms with E-state index in [0.29, 0.717) is 13.0 Å². The molecule has 1 fully saturated rings. The summed E-state index contributed by atoms with van der Waals surface area (Å²) in [5, 5.41) is 0. The molecule has 3 nitrogen and oxygen atoms in total. The quantitative estimate of drug-likeness (QED) is 0.815. The van der Waals surface area contributed by atoms with E-state index in [9.17, 15) is 9.18 Å². The van der Waals surface area contributed by atoms with E-state index >= 15 is 0 Å². The molecule has 0 radical (unpaired) electrons. The molecule has 0 spiro atoms. The molecule has 0 saturated carbocycles. The maximum absolute atomic E-state index is 13.8. The van der Waals surface area contributed by atoms with Gasteiger partial charge in [-0.1, -0.05) is 48.0 Å². The topological polar surface area (TPSA) is 23.6 Å². The van der Waals surface area contributed by atoms with Crippen LogP contribution in [0.15, 0.2) is 48.5 Å². The second-order valence-electron chi connectivity index (χ2n) is 7.09. The lowest BCUT2D eigenvalue weighted by Crippen LogP contribution is -2.35. The van der Waals surface area contributed by atoms with E-state index in [-0.39, 0.29) is 11.7 Å². The Morgan fingerprint density at radius 1 is 1.00 bits per heavy atom. The maximum Gasteiger partial charge on any atom is 0.222 e. The standard InChI is InChI=1S/C22H27FN2O/c1-18-7-9-19(10-8-18)11-12-22(26)25-14-4-13-24(15-16-25)17-20-5-2-3-6-21(20)23/h2-3,5-10H,4,11-17H2,1H3. The Hall–Kier alpha value is -2.20. The molecule has 0 atom stereocenters. The highest BCUT2D eigenvalue weighted by molar-refractivity contribution is 5.76. The minimum atomic E-state index is -0.150. The van der Waals surface area contributed by atoms with Crippen LogP contribution in [0.2, 0.25) is 0 Å². The summed E-state index contributed by atoms with van der Waals surface area (Å²) in [6, 6.07) is 15.3. The maximum atomic E-state index is 13.8. The fraction of sp³-hybridized carbons (Fsp3) is 0.409. The molecule has 1 amide bonds. The Labute approximate surface area is 155 Å². The third-order valence-electron chi connectivity index (χ3n) is 5.04. The van der Waals surface area contributed by atoms with Crippen LogP contribution in [-0.4, -0.2) is 41.9 Å². The van der Waals surface area contributed by atoms with Crippen LogP contribution in [-0.2, 0) is 17.8 Å². The van der Waals surface area contributed by atoms with Gasteiger partial charge in [0, 0.05) is 44.7 Å². The average Bonchev–Trinajstić information content (AvgIpc) is 2.89. The van der Waals surface area contributed by atoms with Crippen molar-refractivity contribution in [3.05, 3.63) is 71.0 Å². The lowest BCUT2D eigenvalue weighted by molar-refractivity contribution is -0.131. The van der Waals surface area contributed by atoms with Gasteiger partial charge in [-0.2, -0.15) is 0 Å². The highest BCUT2D eigenvalue weighted by Crippen LogP contribution is 2.13. The van der Waals surface area contributed by atoms with Gasteiger partial charge in [-0.3, -0.25) is 9.69 Å². The third kappa shape index (κ3) is 5.15. The molecule has 138 valence electrons. The molecule has 0 unspecified atom stereocenters. The number of carbonyl (C=O) groups is 1. The van der Waals surface area contributed by atoms with Crippen molar-refractivity contribution in [2.45, 2.75) is 32.7 Å². The Balaban J connectivity index is 1.49. The molecule has 3 rings (SSSR count). The Morgan fingerprint density at radius 2 is 1.77 bits per heavy atom. The molecule has 2 aromatic rings. The molecular weight excluding hydrogens is 327 g/mol. The number of hydrogen-bond donors (Lipinski definition) is 0. The van der Waals surface area contributed by atoms with Crippen molar-refractivity contribution in [2.24, 2.45) is 0 Å². The second-order valence-corrected chi connectivity index (χ2v) is 7.09. The Bertz CT molecular complexity index is 729. The lowest BCUT2D eigenvalue weighted by atomic mass is 10.1. The highest BCUT2D eigenvalue weighted by Gasteiger charge is 2.19. The number of amides is 1. The molecule has 2 aromatic carbocycles. The van der Waals surface area contributed by atoms with Gasteiger partial charge < -0.3 is 4.90 Å². The summed E-state index contributed by atoms with van der Waals surface area (Å²) in [6.45, 7) is 5.89. The summed E-state index contributed by atoms with van der Waals surface area (Å²) in [4.78, 5) is 16.8. The van der Waals surface area contributed by atoms with Crippen LogP contribution >= 0.6 is 0 Å². The van der Waals surface area contributed by atoms with E-state index in [1.165, 1.54) is 17.2 Å². The lowest BCUT2D eigenvalue weighted by Gasteiger charge is -2.22. The van der Waals surface area contributed by atoms with Crippen molar-refractivity contribution in [3.63, 3.8) is 0 Å². The van der Waals surface area contributed by atoms with Crippen molar-refractivity contribution in [1.29, 1.82) is 0 Å². The van der Waals surface area contributed by atoms with Crippen molar-refractivity contribution < 1.29 is 9.18 Å². The molecule has 0 N–H and O–H groups in total. The molecule has 0 bridgehead atoms. The molecular formula is C22H27FN2O. The van der Waals surface area contributed by atoms with Crippen LogP contribution in [0.3, 0.4) is 0 Å². The summed E-state index contributed by atoms with van der Waals surface area (Å²) in [5.74, 6) is 0.0705. The van der Waals surface area contributed by atoms with Gasteiger partial charge in [-0.15, -0.1) is 0 Å². The Kier molecular flexibility index (Phi) is 6.40. The van der Waals surface area contributed by atoms with E-state index in [1.807, 2.05) is 17.0 Å². The predicted molar refractivity (Wildman–Crippen MR) is 102 cm³/mol. The number of halogens is 1. The number of rotatable bonds is 5. The zero-order valence-electron chi connectivity index (χ0n) is 15.5. The minimum Gasteiger partial charge on any atom is -0.341 e. The van der Waals surface area contributed by atoms with Crippen LogP contribution in [0, 0.1) is 12.7 Å². The van der Waals surface area contributed by atoms with Gasteiger partial charge in [-0.05, 0) is 31.4 Å². The number of benzene rings is 2. The molecule has 26 heavy (non-hydrogen) atoms.